The van der Waals surface area contributed by atoms with Gasteiger partial charge in [0, 0.05) is 13.1 Å². The van der Waals surface area contributed by atoms with Gasteiger partial charge in [-0.2, -0.15) is 0 Å². The standard InChI is InChI=1S/C15H26N2O3/c1-11(2)15(6-7-15)10-17-13(20)16-9-14(4-3-5-14)8-12(18)19/h11H,3-10H2,1-2H3,(H,18,19)(H2,16,17,20). The zero-order valence-corrected chi connectivity index (χ0v) is 12.5. The van der Waals surface area contributed by atoms with E-state index in [4.69, 9.17) is 5.11 Å². The van der Waals surface area contributed by atoms with Crippen molar-refractivity contribution in [1.29, 1.82) is 0 Å². The summed E-state index contributed by atoms with van der Waals surface area (Å²) >= 11 is 0. The van der Waals surface area contributed by atoms with Crippen molar-refractivity contribution in [2.75, 3.05) is 13.1 Å². The van der Waals surface area contributed by atoms with E-state index in [9.17, 15) is 9.59 Å². The molecule has 2 saturated carbocycles. The van der Waals surface area contributed by atoms with Crippen LogP contribution in [0.5, 0.6) is 0 Å². The second kappa shape index (κ2) is 5.62. The first-order chi connectivity index (χ1) is 9.38. The van der Waals surface area contributed by atoms with Crippen LogP contribution in [-0.4, -0.2) is 30.2 Å². The fourth-order valence-electron chi connectivity index (χ4n) is 3.12. The van der Waals surface area contributed by atoms with Crippen molar-refractivity contribution >= 4 is 12.0 Å². The summed E-state index contributed by atoms with van der Waals surface area (Å²) in [6.45, 7) is 5.59. The Labute approximate surface area is 120 Å². The molecule has 2 rings (SSSR count). The average molecular weight is 282 g/mol. The van der Waals surface area contributed by atoms with Crippen LogP contribution in [0.4, 0.5) is 4.79 Å². The molecule has 2 aliphatic rings. The quantitative estimate of drug-likeness (QED) is 0.670. The Balaban J connectivity index is 1.71. The predicted octanol–water partition coefficient (Wildman–Crippen LogP) is 2.37. The minimum absolute atomic E-state index is 0.156. The first kappa shape index (κ1) is 15.1. The number of urea groups is 1. The lowest BCUT2D eigenvalue weighted by Crippen LogP contribution is -2.47. The van der Waals surface area contributed by atoms with Gasteiger partial charge in [0.2, 0.25) is 0 Å². The maximum Gasteiger partial charge on any atom is 0.314 e. The number of nitrogens with one attached hydrogen (secondary N) is 2. The molecule has 3 N–H and O–H groups in total. The number of carbonyl (C=O) groups is 2. The van der Waals surface area contributed by atoms with Gasteiger partial charge in [-0.15, -0.1) is 0 Å². The number of hydrogen-bond donors (Lipinski definition) is 3. The molecule has 0 radical (unpaired) electrons. The van der Waals surface area contributed by atoms with Crippen LogP contribution in [-0.2, 0) is 4.79 Å². The van der Waals surface area contributed by atoms with E-state index in [2.05, 4.69) is 24.5 Å². The minimum Gasteiger partial charge on any atom is -0.481 e. The number of carboxylic acid groups (broad SMARTS) is 1. The van der Waals surface area contributed by atoms with Gasteiger partial charge in [-0.1, -0.05) is 20.3 Å². The SMILES string of the molecule is CC(C)C1(CNC(=O)NCC2(CC(=O)O)CCC2)CC1. The van der Waals surface area contributed by atoms with Gasteiger partial charge in [0.1, 0.15) is 0 Å². The van der Waals surface area contributed by atoms with Gasteiger partial charge in [0.05, 0.1) is 6.42 Å². The Kier molecular flexibility index (Phi) is 4.25. The maximum absolute atomic E-state index is 11.8. The van der Waals surface area contributed by atoms with E-state index >= 15 is 0 Å². The van der Waals surface area contributed by atoms with E-state index in [-0.39, 0.29) is 17.9 Å². The number of carbonyl (C=O) groups excluding carboxylic acids is 1. The lowest BCUT2D eigenvalue weighted by Gasteiger charge is -2.40. The molecule has 0 heterocycles. The molecule has 5 heteroatoms. The van der Waals surface area contributed by atoms with Crippen LogP contribution in [0.2, 0.25) is 0 Å². The molecule has 0 atom stereocenters. The van der Waals surface area contributed by atoms with E-state index in [1.165, 1.54) is 12.8 Å². The summed E-state index contributed by atoms with van der Waals surface area (Å²) in [7, 11) is 0. The summed E-state index contributed by atoms with van der Waals surface area (Å²) in [5.41, 5.74) is 0.0883. The molecular weight excluding hydrogens is 256 g/mol. The van der Waals surface area contributed by atoms with E-state index in [0.29, 0.717) is 17.9 Å². The summed E-state index contributed by atoms with van der Waals surface area (Å²) in [5.74, 6) is -0.184. The van der Waals surface area contributed by atoms with E-state index in [1.54, 1.807) is 0 Å². The van der Waals surface area contributed by atoms with Gasteiger partial charge in [-0.05, 0) is 42.4 Å². The molecule has 2 aliphatic carbocycles. The molecular formula is C15H26N2O3. The molecule has 0 spiro atoms. The first-order valence-electron chi connectivity index (χ1n) is 7.61. The highest BCUT2D eigenvalue weighted by molar-refractivity contribution is 5.74. The van der Waals surface area contributed by atoms with Gasteiger partial charge in [-0.3, -0.25) is 4.79 Å². The van der Waals surface area contributed by atoms with Gasteiger partial charge < -0.3 is 15.7 Å². The predicted molar refractivity (Wildman–Crippen MR) is 76.4 cm³/mol. The van der Waals surface area contributed by atoms with Gasteiger partial charge in [0.25, 0.3) is 0 Å². The minimum atomic E-state index is -0.774. The van der Waals surface area contributed by atoms with E-state index in [1.807, 2.05) is 0 Å². The van der Waals surface area contributed by atoms with Crippen LogP contribution >= 0.6 is 0 Å². The molecule has 0 bridgehead atoms. The zero-order chi connectivity index (χ0) is 14.8. The third kappa shape index (κ3) is 3.44. The van der Waals surface area contributed by atoms with Crippen molar-refractivity contribution in [3.63, 3.8) is 0 Å². The lowest BCUT2D eigenvalue weighted by atomic mass is 9.66. The van der Waals surface area contributed by atoms with Gasteiger partial charge in [0.15, 0.2) is 0 Å². The van der Waals surface area contributed by atoms with E-state index in [0.717, 1.165) is 25.8 Å². The number of aliphatic carboxylic acids is 1. The largest absolute Gasteiger partial charge is 0.481 e. The molecule has 5 nitrogen and oxygen atoms in total. The topological polar surface area (TPSA) is 78.4 Å². The maximum atomic E-state index is 11.8. The summed E-state index contributed by atoms with van der Waals surface area (Å²) in [6.07, 6.45) is 5.39. The van der Waals surface area contributed by atoms with Gasteiger partial charge in [-0.25, -0.2) is 4.79 Å². The smallest absolute Gasteiger partial charge is 0.314 e. The number of carboxylic acids is 1. The zero-order valence-electron chi connectivity index (χ0n) is 12.5. The van der Waals surface area contributed by atoms with Crippen LogP contribution in [0.15, 0.2) is 0 Å². The van der Waals surface area contributed by atoms with Crippen LogP contribution in [0.1, 0.15) is 52.4 Å². The Morgan fingerprint density at radius 2 is 1.70 bits per heavy atom. The van der Waals surface area contributed by atoms with Crippen LogP contribution in [0.25, 0.3) is 0 Å². The molecule has 0 aromatic carbocycles. The lowest BCUT2D eigenvalue weighted by molar-refractivity contribution is -0.141. The molecule has 0 aliphatic heterocycles. The normalized spacial score (nSPS) is 21.9. The fraction of sp³-hybridized carbons (Fsp3) is 0.867. The van der Waals surface area contributed by atoms with Crippen molar-refractivity contribution in [2.45, 2.75) is 52.4 Å². The summed E-state index contributed by atoms with van der Waals surface area (Å²) < 4.78 is 0. The third-order valence-electron chi connectivity index (χ3n) is 5.28. The Morgan fingerprint density at radius 3 is 2.10 bits per heavy atom. The second-order valence-corrected chi connectivity index (χ2v) is 6.98. The molecule has 0 saturated heterocycles. The Bertz CT molecular complexity index is 385. The van der Waals surface area contributed by atoms with Crippen LogP contribution in [0.3, 0.4) is 0 Å². The van der Waals surface area contributed by atoms with Crippen molar-refractivity contribution in [3.05, 3.63) is 0 Å². The summed E-state index contributed by atoms with van der Waals surface area (Å²) in [5, 5.41) is 14.7. The van der Waals surface area contributed by atoms with Crippen molar-refractivity contribution < 1.29 is 14.7 Å². The van der Waals surface area contributed by atoms with Gasteiger partial charge >= 0.3 is 12.0 Å². The fourth-order valence-corrected chi connectivity index (χ4v) is 3.12. The highest BCUT2D eigenvalue weighted by atomic mass is 16.4. The van der Waals surface area contributed by atoms with Crippen LogP contribution in [0, 0.1) is 16.7 Å². The van der Waals surface area contributed by atoms with Crippen molar-refractivity contribution in [3.8, 4) is 0 Å². The first-order valence-corrected chi connectivity index (χ1v) is 7.61. The van der Waals surface area contributed by atoms with Crippen LogP contribution < -0.4 is 10.6 Å². The second-order valence-electron chi connectivity index (χ2n) is 6.98. The highest BCUT2D eigenvalue weighted by Crippen LogP contribution is 2.51. The molecule has 2 fully saturated rings. The molecule has 20 heavy (non-hydrogen) atoms. The molecule has 114 valence electrons. The molecule has 0 aromatic rings. The molecule has 0 aromatic heterocycles. The highest BCUT2D eigenvalue weighted by Gasteiger charge is 2.45. The monoisotopic (exact) mass is 282 g/mol. The Hall–Kier alpha value is -1.26. The number of hydrogen-bond acceptors (Lipinski definition) is 2. The molecule has 0 unspecified atom stereocenters. The molecule has 2 amide bonds. The Morgan fingerprint density at radius 1 is 1.10 bits per heavy atom. The van der Waals surface area contributed by atoms with Crippen molar-refractivity contribution in [2.24, 2.45) is 16.7 Å². The average Bonchev–Trinajstić information content (AvgIpc) is 3.10. The summed E-state index contributed by atoms with van der Waals surface area (Å²) in [4.78, 5) is 22.7. The summed E-state index contributed by atoms with van der Waals surface area (Å²) in [6, 6.07) is -0.159. The number of amides is 2. The van der Waals surface area contributed by atoms with Crippen molar-refractivity contribution in [1.82, 2.24) is 10.6 Å². The number of rotatable bonds is 7. The van der Waals surface area contributed by atoms with E-state index < -0.39 is 5.97 Å². The third-order valence-corrected chi connectivity index (χ3v) is 5.28.